The van der Waals surface area contributed by atoms with Gasteiger partial charge in [-0.25, -0.2) is 4.68 Å². The molecule has 3 heterocycles. The van der Waals surface area contributed by atoms with Crippen LogP contribution in [0.15, 0.2) is 29.3 Å². The van der Waals surface area contributed by atoms with Crippen molar-refractivity contribution in [3.63, 3.8) is 0 Å². The molecule has 6 nitrogen and oxygen atoms in total. The van der Waals surface area contributed by atoms with E-state index < -0.39 is 0 Å². The maximum atomic E-state index is 6.39. The third kappa shape index (κ3) is 3.82. The molecule has 0 N–H and O–H groups in total. The van der Waals surface area contributed by atoms with Gasteiger partial charge in [0.2, 0.25) is 0 Å². The summed E-state index contributed by atoms with van der Waals surface area (Å²) in [4.78, 5) is 2.42. The second kappa shape index (κ2) is 8.14. The zero-order valence-corrected chi connectivity index (χ0v) is 17.1. The fourth-order valence-corrected chi connectivity index (χ4v) is 4.49. The van der Waals surface area contributed by atoms with Gasteiger partial charge in [-0.1, -0.05) is 23.7 Å². The van der Waals surface area contributed by atoms with Crippen LogP contribution in [0.25, 0.3) is 16.6 Å². The second-order valence-corrected chi connectivity index (χ2v) is 8.06. The van der Waals surface area contributed by atoms with E-state index in [2.05, 4.69) is 22.0 Å². The highest BCUT2D eigenvalue weighted by molar-refractivity contribution is 7.99. The van der Waals surface area contributed by atoms with Crippen LogP contribution in [0, 0.1) is 13.8 Å². The lowest BCUT2D eigenvalue weighted by atomic mass is 10.2. The minimum atomic E-state index is 0.675. The molecule has 142 valence electrons. The Morgan fingerprint density at radius 3 is 2.70 bits per heavy atom. The summed E-state index contributed by atoms with van der Waals surface area (Å²) in [6.07, 6.45) is 0. The van der Waals surface area contributed by atoms with Crippen LogP contribution in [0.4, 0.5) is 0 Å². The number of rotatable bonds is 5. The Kier molecular flexibility index (Phi) is 5.63. The van der Waals surface area contributed by atoms with Crippen LogP contribution in [-0.4, -0.2) is 63.5 Å². The van der Waals surface area contributed by atoms with Crippen LogP contribution in [0.5, 0.6) is 0 Å². The highest BCUT2D eigenvalue weighted by Gasteiger charge is 2.18. The summed E-state index contributed by atoms with van der Waals surface area (Å²) in [7, 11) is 0. The first-order valence-electron chi connectivity index (χ1n) is 9.05. The van der Waals surface area contributed by atoms with Crippen LogP contribution >= 0.6 is 23.4 Å². The summed E-state index contributed by atoms with van der Waals surface area (Å²) in [5, 5.41) is 16.2. The van der Waals surface area contributed by atoms with Crippen molar-refractivity contribution in [3.05, 3.63) is 40.7 Å². The number of benzene rings is 1. The molecule has 0 unspecified atom stereocenters. The normalized spacial score (nSPS) is 15.5. The largest absolute Gasteiger partial charge is 0.379 e. The van der Waals surface area contributed by atoms with E-state index in [1.54, 1.807) is 11.8 Å². The number of hydrogen-bond donors (Lipinski definition) is 0. The van der Waals surface area contributed by atoms with Crippen molar-refractivity contribution in [3.8, 4) is 5.69 Å². The van der Waals surface area contributed by atoms with Crippen LogP contribution < -0.4 is 0 Å². The third-order valence-corrected chi connectivity index (χ3v) is 6.06. The SMILES string of the molecule is Cc1nnc(SCCN2CCOCC2)c2nn(-c3ccccc3Cl)c(C)c12. The van der Waals surface area contributed by atoms with Gasteiger partial charge in [-0.05, 0) is 26.0 Å². The molecule has 1 aromatic carbocycles. The van der Waals surface area contributed by atoms with Gasteiger partial charge in [0.05, 0.1) is 35.3 Å². The number of morpholine rings is 1. The van der Waals surface area contributed by atoms with Gasteiger partial charge < -0.3 is 4.74 Å². The van der Waals surface area contributed by atoms with E-state index in [0.29, 0.717) is 5.02 Å². The van der Waals surface area contributed by atoms with Crippen LogP contribution in [0.1, 0.15) is 11.4 Å². The van der Waals surface area contributed by atoms with Crippen molar-refractivity contribution in [1.29, 1.82) is 0 Å². The molecule has 1 aliphatic rings. The Morgan fingerprint density at radius 1 is 1.15 bits per heavy atom. The highest BCUT2D eigenvalue weighted by atomic mass is 35.5. The van der Waals surface area contributed by atoms with Crippen molar-refractivity contribution in [2.24, 2.45) is 0 Å². The summed E-state index contributed by atoms with van der Waals surface area (Å²) >= 11 is 8.10. The molecule has 0 aliphatic carbocycles. The number of thioether (sulfide) groups is 1. The van der Waals surface area contributed by atoms with Gasteiger partial charge >= 0.3 is 0 Å². The minimum Gasteiger partial charge on any atom is -0.379 e. The summed E-state index contributed by atoms with van der Waals surface area (Å²) < 4.78 is 7.31. The maximum absolute atomic E-state index is 6.39. The maximum Gasteiger partial charge on any atom is 0.147 e. The summed E-state index contributed by atoms with van der Waals surface area (Å²) in [6.45, 7) is 8.67. The highest BCUT2D eigenvalue weighted by Crippen LogP contribution is 2.31. The van der Waals surface area contributed by atoms with Crippen molar-refractivity contribution in [2.45, 2.75) is 18.9 Å². The van der Waals surface area contributed by atoms with Crippen LogP contribution in [-0.2, 0) is 4.74 Å². The number of nitrogens with zero attached hydrogens (tertiary/aromatic N) is 5. The van der Waals surface area contributed by atoms with E-state index >= 15 is 0 Å². The van der Waals surface area contributed by atoms with Gasteiger partial charge in [0.1, 0.15) is 10.5 Å². The molecule has 27 heavy (non-hydrogen) atoms. The lowest BCUT2D eigenvalue weighted by molar-refractivity contribution is 0.0410. The molecular formula is C19H22ClN5OS. The van der Waals surface area contributed by atoms with Crippen LogP contribution in [0.3, 0.4) is 0 Å². The van der Waals surface area contributed by atoms with Crippen molar-refractivity contribution < 1.29 is 4.74 Å². The van der Waals surface area contributed by atoms with E-state index in [4.69, 9.17) is 21.4 Å². The number of aryl methyl sites for hydroxylation is 2. The van der Waals surface area contributed by atoms with Gasteiger partial charge in [-0.2, -0.15) is 10.2 Å². The van der Waals surface area contributed by atoms with Gasteiger partial charge in [0.25, 0.3) is 0 Å². The molecule has 1 fully saturated rings. The third-order valence-electron chi connectivity index (χ3n) is 4.80. The Hall–Kier alpha value is -1.67. The fourth-order valence-electron chi connectivity index (χ4n) is 3.35. The smallest absolute Gasteiger partial charge is 0.147 e. The number of para-hydroxylation sites is 1. The van der Waals surface area contributed by atoms with E-state index in [0.717, 1.165) is 71.6 Å². The predicted octanol–water partition coefficient (Wildman–Crippen LogP) is 3.51. The van der Waals surface area contributed by atoms with Crippen molar-refractivity contribution in [1.82, 2.24) is 24.9 Å². The number of hydrogen-bond acceptors (Lipinski definition) is 6. The lowest BCUT2D eigenvalue weighted by Crippen LogP contribution is -2.37. The number of ether oxygens (including phenoxy) is 1. The number of halogens is 1. The van der Waals surface area contributed by atoms with Crippen LogP contribution in [0.2, 0.25) is 5.02 Å². The molecule has 0 bridgehead atoms. The molecule has 0 amide bonds. The summed E-state index contributed by atoms with van der Waals surface area (Å²) in [6, 6.07) is 7.74. The molecule has 4 rings (SSSR count). The Balaban J connectivity index is 1.63. The van der Waals surface area contributed by atoms with Gasteiger partial charge in [0.15, 0.2) is 0 Å². The average Bonchev–Trinajstić information content (AvgIpc) is 3.03. The summed E-state index contributed by atoms with van der Waals surface area (Å²) in [5.74, 6) is 0.949. The molecule has 8 heteroatoms. The molecule has 2 aromatic heterocycles. The lowest BCUT2D eigenvalue weighted by Gasteiger charge is -2.26. The zero-order valence-electron chi connectivity index (χ0n) is 15.5. The molecule has 0 saturated carbocycles. The Labute approximate surface area is 167 Å². The van der Waals surface area contributed by atoms with Gasteiger partial charge in [0, 0.05) is 30.8 Å². The number of aromatic nitrogens is 4. The topological polar surface area (TPSA) is 56.1 Å². The van der Waals surface area contributed by atoms with E-state index in [1.165, 1.54) is 0 Å². The molecule has 0 radical (unpaired) electrons. The molecule has 1 aliphatic heterocycles. The first-order chi connectivity index (χ1) is 13.1. The average molecular weight is 404 g/mol. The minimum absolute atomic E-state index is 0.675. The Morgan fingerprint density at radius 2 is 1.93 bits per heavy atom. The molecule has 1 saturated heterocycles. The van der Waals surface area contributed by atoms with Crippen molar-refractivity contribution >= 4 is 34.3 Å². The second-order valence-electron chi connectivity index (χ2n) is 6.57. The standard InChI is InChI=1S/C19H22ClN5OS/c1-13-17-14(2)25(16-6-4-3-5-15(16)20)23-18(17)19(22-21-13)27-12-9-24-7-10-26-11-8-24/h3-6H,7-12H2,1-2H3. The predicted molar refractivity (Wildman–Crippen MR) is 109 cm³/mol. The van der Waals surface area contributed by atoms with E-state index in [1.807, 2.05) is 35.9 Å². The number of fused-ring (bicyclic) bond motifs is 1. The Bertz CT molecular complexity index is 955. The molecule has 0 atom stereocenters. The quantitative estimate of drug-likeness (QED) is 0.607. The monoisotopic (exact) mass is 403 g/mol. The molecule has 3 aromatic rings. The van der Waals surface area contributed by atoms with Crippen molar-refractivity contribution in [2.75, 3.05) is 38.6 Å². The van der Waals surface area contributed by atoms with E-state index in [9.17, 15) is 0 Å². The zero-order chi connectivity index (χ0) is 18.8. The first kappa shape index (κ1) is 18.7. The van der Waals surface area contributed by atoms with E-state index in [-0.39, 0.29) is 0 Å². The first-order valence-corrected chi connectivity index (χ1v) is 10.4. The van der Waals surface area contributed by atoms with Gasteiger partial charge in [-0.15, -0.1) is 16.9 Å². The summed E-state index contributed by atoms with van der Waals surface area (Å²) in [5.41, 5.74) is 3.68. The van der Waals surface area contributed by atoms with Gasteiger partial charge in [-0.3, -0.25) is 4.90 Å². The molecular weight excluding hydrogens is 382 g/mol. The molecule has 0 spiro atoms. The fraction of sp³-hybridized carbons (Fsp3) is 0.421.